The number of amides is 2. The van der Waals surface area contributed by atoms with Gasteiger partial charge in [0.05, 0.1) is 5.41 Å². The second-order valence-corrected chi connectivity index (χ2v) is 8.03. The van der Waals surface area contributed by atoms with Gasteiger partial charge in [0.1, 0.15) is 0 Å². The molecule has 0 aromatic heterocycles. The lowest BCUT2D eigenvalue weighted by atomic mass is 9.67. The minimum Gasteiger partial charge on any atom is -0.340 e. The molecule has 6 heteroatoms. The van der Waals surface area contributed by atoms with E-state index < -0.39 is 0 Å². The van der Waals surface area contributed by atoms with E-state index in [9.17, 15) is 9.59 Å². The van der Waals surface area contributed by atoms with Crippen LogP contribution >= 0.6 is 12.4 Å². The molecule has 0 radical (unpaired) electrons. The van der Waals surface area contributed by atoms with E-state index in [0.29, 0.717) is 24.9 Å². The van der Waals surface area contributed by atoms with Gasteiger partial charge >= 0.3 is 0 Å². The van der Waals surface area contributed by atoms with Crippen LogP contribution in [0, 0.1) is 11.3 Å². The number of nitrogens with one attached hydrogen (secondary N) is 1. The Hall–Kier alpha value is -1.59. The zero-order chi connectivity index (χ0) is 18.0. The average molecular weight is 392 g/mol. The topological polar surface area (TPSA) is 52.7 Å². The molecule has 4 rings (SSSR count). The number of halogens is 1. The van der Waals surface area contributed by atoms with E-state index in [1.165, 1.54) is 12.8 Å². The number of carbonyl (C=O) groups is 2. The summed E-state index contributed by atoms with van der Waals surface area (Å²) in [6.45, 7) is 4.61. The quantitative estimate of drug-likeness (QED) is 0.842. The van der Waals surface area contributed by atoms with Crippen molar-refractivity contribution in [3.8, 4) is 0 Å². The maximum atomic E-state index is 13.4. The Morgan fingerprint density at radius 2 is 1.70 bits per heavy atom. The van der Waals surface area contributed by atoms with Crippen molar-refractivity contribution in [1.29, 1.82) is 0 Å². The lowest BCUT2D eigenvalue weighted by Crippen LogP contribution is -2.50. The van der Waals surface area contributed by atoms with Crippen LogP contribution in [0.3, 0.4) is 0 Å². The van der Waals surface area contributed by atoms with E-state index in [1.807, 2.05) is 40.1 Å². The summed E-state index contributed by atoms with van der Waals surface area (Å²) in [4.78, 5) is 30.1. The molecule has 148 valence electrons. The molecule has 0 spiro atoms. The first-order valence-corrected chi connectivity index (χ1v) is 10.1. The fraction of sp³-hybridized carbons (Fsp3) is 0.619. The Balaban J connectivity index is 0.00000210. The highest BCUT2D eigenvalue weighted by molar-refractivity contribution is 5.94. The standard InChI is InChI=1S/C21H29N3O2.ClH/c25-19(17-7-2-1-3-8-17)23-11-6-12-24(14-13-23)20(26)21-10-5-4-9-18(21)15-22-16-21;/h1-3,7-8,18,22H,4-6,9-16H2;1H/t18-,21+;/m0./s1. The van der Waals surface area contributed by atoms with Crippen LogP contribution in [0.25, 0.3) is 0 Å². The number of rotatable bonds is 2. The number of hydrogen-bond acceptors (Lipinski definition) is 3. The van der Waals surface area contributed by atoms with E-state index in [1.54, 1.807) is 0 Å². The van der Waals surface area contributed by atoms with Gasteiger partial charge in [0.2, 0.25) is 5.91 Å². The molecule has 2 amide bonds. The van der Waals surface area contributed by atoms with E-state index in [4.69, 9.17) is 0 Å². The summed E-state index contributed by atoms with van der Waals surface area (Å²) < 4.78 is 0. The average Bonchev–Trinajstić information content (AvgIpc) is 2.99. The first-order chi connectivity index (χ1) is 12.7. The molecule has 1 N–H and O–H groups in total. The Labute approximate surface area is 167 Å². The summed E-state index contributed by atoms with van der Waals surface area (Å²) in [5.74, 6) is 0.909. The van der Waals surface area contributed by atoms with Gasteiger partial charge < -0.3 is 15.1 Å². The summed E-state index contributed by atoms with van der Waals surface area (Å²) in [7, 11) is 0. The van der Waals surface area contributed by atoms with Gasteiger partial charge in [-0.05, 0) is 43.9 Å². The van der Waals surface area contributed by atoms with Gasteiger partial charge in [-0.3, -0.25) is 9.59 Å². The van der Waals surface area contributed by atoms with Crippen LogP contribution < -0.4 is 5.32 Å². The lowest BCUT2D eigenvalue weighted by molar-refractivity contribution is -0.145. The van der Waals surface area contributed by atoms with Crippen molar-refractivity contribution in [1.82, 2.24) is 15.1 Å². The molecule has 2 saturated heterocycles. The predicted octanol–water partition coefficient (Wildman–Crippen LogP) is 2.56. The first kappa shape index (κ1) is 20.2. The molecule has 2 atom stereocenters. The Morgan fingerprint density at radius 1 is 0.963 bits per heavy atom. The van der Waals surface area contributed by atoms with E-state index >= 15 is 0 Å². The maximum Gasteiger partial charge on any atom is 0.253 e. The van der Waals surface area contributed by atoms with E-state index in [2.05, 4.69) is 5.32 Å². The Bertz CT molecular complexity index is 669. The summed E-state index contributed by atoms with van der Waals surface area (Å²) in [6.07, 6.45) is 5.47. The summed E-state index contributed by atoms with van der Waals surface area (Å²) in [5.41, 5.74) is 0.551. The number of hydrogen-bond donors (Lipinski definition) is 1. The van der Waals surface area contributed by atoms with Crippen molar-refractivity contribution in [3.63, 3.8) is 0 Å². The smallest absolute Gasteiger partial charge is 0.253 e. The second kappa shape index (κ2) is 8.61. The Kier molecular flexibility index (Phi) is 6.43. The molecule has 3 fully saturated rings. The fourth-order valence-corrected chi connectivity index (χ4v) is 5.07. The largest absolute Gasteiger partial charge is 0.340 e. The third kappa shape index (κ3) is 3.85. The van der Waals surface area contributed by atoms with Crippen LogP contribution in [0.2, 0.25) is 0 Å². The molecule has 2 aliphatic heterocycles. The molecule has 0 bridgehead atoms. The van der Waals surface area contributed by atoms with Gasteiger partial charge in [-0.25, -0.2) is 0 Å². The van der Waals surface area contributed by atoms with Crippen LogP contribution in [0.5, 0.6) is 0 Å². The highest BCUT2D eigenvalue weighted by atomic mass is 35.5. The van der Waals surface area contributed by atoms with Crippen LogP contribution in [-0.2, 0) is 4.79 Å². The van der Waals surface area contributed by atoms with Gasteiger partial charge in [0.25, 0.3) is 5.91 Å². The minimum absolute atomic E-state index is 0. The van der Waals surface area contributed by atoms with Crippen LogP contribution in [0.15, 0.2) is 30.3 Å². The van der Waals surface area contributed by atoms with Crippen molar-refractivity contribution in [2.45, 2.75) is 32.1 Å². The summed E-state index contributed by atoms with van der Waals surface area (Å²) in [5, 5.41) is 3.48. The van der Waals surface area contributed by atoms with Crippen molar-refractivity contribution < 1.29 is 9.59 Å². The number of nitrogens with zero attached hydrogens (tertiary/aromatic N) is 2. The predicted molar refractivity (Wildman–Crippen MR) is 108 cm³/mol. The van der Waals surface area contributed by atoms with Crippen LogP contribution in [-0.4, -0.2) is 60.9 Å². The van der Waals surface area contributed by atoms with Crippen molar-refractivity contribution >= 4 is 24.2 Å². The molecule has 1 aromatic rings. The van der Waals surface area contributed by atoms with Gasteiger partial charge in [-0.15, -0.1) is 12.4 Å². The Morgan fingerprint density at radius 3 is 2.52 bits per heavy atom. The zero-order valence-electron chi connectivity index (χ0n) is 15.9. The van der Waals surface area contributed by atoms with Gasteiger partial charge in [0.15, 0.2) is 0 Å². The zero-order valence-corrected chi connectivity index (χ0v) is 16.7. The summed E-state index contributed by atoms with van der Waals surface area (Å²) in [6, 6.07) is 9.46. The van der Waals surface area contributed by atoms with Crippen molar-refractivity contribution in [2.75, 3.05) is 39.3 Å². The molecule has 1 saturated carbocycles. The second-order valence-electron chi connectivity index (χ2n) is 8.03. The molecule has 1 aromatic carbocycles. The number of benzene rings is 1. The highest BCUT2D eigenvalue weighted by Gasteiger charge is 2.51. The third-order valence-electron chi connectivity index (χ3n) is 6.56. The SMILES string of the molecule is Cl.O=C(c1ccccc1)N1CCCN(C(=O)[C@@]23CCCC[C@H]2CNC3)CC1. The van der Waals surface area contributed by atoms with Crippen LogP contribution in [0.4, 0.5) is 0 Å². The van der Waals surface area contributed by atoms with E-state index in [0.717, 1.165) is 51.0 Å². The molecule has 0 unspecified atom stereocenters. The highest BCUT2D eigenvalue weighted by Crippen LogP contribution is 2.45. The molecular weight excluding hydrogens is 362 g/mol. The van der Waals surface area contributed by atoms with Gasteiger partial charge in [0, 0.05) is 38.3 Å². The molecular formula is C21H30ClN3O2. The van der Waals surface area contributed by atoms with E-state index in [-0.39, 0.29) is 23.7 Å². The minimum atomic E-state index is -0.184. The first-order valence-electron chi connectivity index (χ1n) is 10.1. The van der Waals surface area contributed by atoms with Gasteiger partial charge in [-0.2, -0.15) is 0 Å². The molecule has 2 heterocycles. The molecule has 3 aliphatic rings. The van der Waals surface area contributed by atoms with Gasteiger partial charge in [-0.1, -0.05) is 31.0 Å². The summed E-state index contributed by atoms with van der Waals surface area (Å²) >= 11 is 0. The number of fused-ring (bicyclic) bond motifs is 1. The third-order valence-corrected chi connectivity index (χ3v) is 6.56. The normalized spacial score (nSPS) is 28.1. The molecule has 27 heavy (non-hydrogen) atoms. The van der Waals surface area contributed by atoms with Crippen molar-refractivity contribution in [2.24, 2.45) is 11.3 Å². The fourth-order valence-electron chi connectivity index (χ4n) is 5.07. The number of carbonyl (C=O) groups excluding carboxylic acids is 2. The molecule has 5 nitrogen and oxygen atoms in total. The van der Waals surface area contributed by atoms with Crippen LogP contribution in [0.1, 0.15) is 42.5 Å². The maximum absolute atomic E-state index is 13.4. The monoisotopic (exact) mass is 391 g/mol. The van der Waals surface area contributed by atoms with Crippen molar-refractivity contribution in [3.05, 3.63) is 35.9 Å². The lowest BCUT2D eigenvalue weighted by Gasteiger charge is -2.40. The molecule has 1 aliphatic carbocycles.